The van der Waals surface area contributed by atoms with Gasteiger partial charge in [-0.05, 0) is 61.2 Å². The fraction of sp³-hybridized carbons (Fsp3) is 0.368. The lowest BCUT2D eigenvalue weighted by Gasteiger charge is -2.28. The van der Waals surface area contributed by atoms with Gasteiger partial charge in [-0.25, -0.2) is 13.1 Å². The lowest BCUT2D eigenvalue weighted by atomic mass is 10.00. The topological polar surface area (TPSA) is 49.4 Å². The second-order valence-corrected chi connectivity index (χ2v) is 8.56. The molecule has 2 aromatic rings. The Morgan fingerprint density at radius 3 is 2.48 bits per heavy atom. The molecule has 1 heterocycles. The zero-order valence-electron chi connectivity index (χ0n) is 14.1. The van der Waals surface area contributed by atoms with Gasteiger partial charge in [-0.1, -0.05) is 35.9 Å². The Morgan fingerprint density at radius 1 is 1.00 bits per heavy atom. The lowest BCUT2D eigenvalue weighted by molar-refractivity contribution is 0.249. The standard InChI is InChI=1S/C19H23ClN2O2S/c20-18-7-9-19(10-8-18)25(23,24)21-12-3-4-13-22-14-11-16-5-1-2-6-17(16)15-22/h1-2,5-10,21H,3-4,11-15H2. The van der Waals surface area contributed by atoms with Gasteiger partial charge in [0.05, 0.1) is 4.90 Å². The molecule has 134 valence electrons. The highest BCUT2D eigenvalue weighted by Crippen LogP contribution is 2.18. The molecule has 4 nitrogen and oxygen atoms in total. The van der Waals surface area contributed by atoms with Crippen LogP contribution < -0.4 is 4.72 Å². The van der Waals surface area contributed by atoms with E-state index >= 15 is 0 Å². The molecule has 0 radical (unpaired) electrons. The molecule has 0 bridgehead atoms. The molecule has 0 atom stereocenters. The van der Waals surface area contributed by atoms with Crippen LogP contribution in [0.1, 0.15) is 24.0 Å². The highest BCUT2D eigenvalue weighted by atomic mass is 35.5. The molecule has 6 heteroatoms. The smallest absolute Gasteiger partial charge is 0.240 e. The van der Waals surface area contributed by atoms with Gasteiger partial charge in [-0.3, -0.25) is 4.90 Å². The van der Waals surface area contributed by atoms with Crippen LogP contribution in [0.3, 0.4) is 0 Å². The van der Waals surface area contributed by atoms with Crippen LogP contribution in [0.4, 0.5) is 0 Å². The average Bonchev–Trinajstić information content (AvgIpc) is 2.61. The molecular formula is C19H23ClN2O2S. The van der Waals surface area contributed by atoms with E-state index in [2.05, 4.69) is 33.9 Å². The van der Waals surface area contributed by atoms with Crippen LogP contribution in [-0.2, 0) is 23.0 Å². The Balaban J connectivity index is 1.40. The first kappa shape index (κ1) is 18.4. The number of fused-ring (bicyclic) bond motifs is 1. The summed E-state index contributed by atoms with van der Waals surface area (Å²) in [6.07, 6.45) is 2.90. The summed E-state index contributed by atoms with van der Waals surface area (Å²) in [5, 5.41) is 0.530. The van der Waals surface area contributed by atoms with Crippen LogP contribution in [0.15, 0.2) is 53.4 Å². The maximum atomic E-state index is 12.2. The van der Waals surface area contributed by atoms with E-state index in [1.165, 1.54) is 23.3 Å². The van der Waals surface area contributed by atoms with Crippen molar-refractivity contribution in [2.75, 3.05) is 19.6 Å². The van der Waals surface area contributed by atoms with E-state index < -0.39 is 10.0 Å². The molecule has 0 aromatic heterocycles. The summed E-state index contributed by atoms with van der Waals surface area (Å²) in [6, 6.07) is 14.8. The van der Waals surface area contributed by atoms with Crippen molar-refractivity contribution >= 4 is 21.6 Å². The van der Waals surface area contributed by atoms with Crippen molar-refractivity contribution in [3.63, 3.8) is 0 Å². The van der Waals surface area contributed by atoms with Crippen LogP contribution in [0.25, 0.3) is 0 Å². The van der Waals surface area contributed by atoms with Gasteiger partial charge in [0.2, 0.25) is 10.0 Å². The maximum absolute atomic E-state index is 12.2. The van der Waals surface area contributed by atoms with Gasteiger partial charge < -0.3 is 0 Å². The number of halogens is 1. The third kappa shape index (κ3) is 5.05. The quantitative estimate of drug-likeness (QED) is 0.750. The number of hydrogen-bond donors (Lipinski definition) is 1. The van der Waals surface area contributed by atoms with E-state index in [0.717, 1.165) is 38.9 Å². The Hall–Kier alpha value is -1.40. The molecule has 0 saturated heterocycles. The van der Waals surface area contributed by atoms with Gasteiger partial charge in [0.1, 0.15) is 0 Å². The predicted octanol–water partition coefficient (Wildman–Crippen LogP) is 3.46. The van der Waals surface area contributed by atoms with Crippen molar-refractivity contribution in [2.24, 2.45) is 0 Å². The number of nitrogens with zero attached hydrogens (tertiary/aromatic N) is 1. The molecule has 0 spiro atoms. The summed E-state index contributed by atoms with van der Waals surface area (Å²) >= 11 is 5.79. The zero-order chi connectivity index (χ0) is 17.7. The summed E-state index contributed by atoms with van der Waals surface area (Å²) in [6.45, 7) is 3.52. The lowest BCUT2D eigenvalue weighted by Crippen LogP contribution is -2.32. The first-order chi connectivity index (χ1) is 12.0. The Bertz CT molecular complexity index is 806. The third-order valence-corrected chi connectivity index (χ3v) is 6.26. The molecular weight excluding hydrogens is 356 g/mol. The van der Waals surface area contributed by atoms with Crippen molar-refractivity contribution in [3.8, 4) is 0 Å². The summed E-state index contributed by atoms with van der Waals surface area (Å²) < 4.78 is 27.0. The summed E-state index contributed by atoms with van der Waals surface area (Å²) in [7, 11) is -3.44. The van der Waals surface area contributed by atoms with E-state index in [4.69, 9.17) is 11.6 Å². The van der Waals surface area contributed by atoms with Crippen molar-refractivity contribution in [3.05, 3.63) is 64.7 Å². The minimum absolute atomic E-state index is 0.254. The maximum Gasteiger partial charge on any atom is 0.240 e. The molecule has 1 aliphatic heterocycles. The van der Waals surface area contributed by atoms with Gasteiger partial charge in [0, 0.05) is 24.7 Å². The Kier molecular flexibility index (Phi) is 6.12. The van der Waals surface area contributed by atoms with Crippen LogP contribution >= 0.6 is 11.6 Å². The summed E-state index contributed by atoms with van der Waals surface area (Å²) in [4.78, 5) is 2.69. The minimum Gasteiger partial charge on any atom is -0.299 e. The highest BCUT2D eigenvalue weighted by molar-refractivity contribution is 7.89. The highest BCUT2D eigenvalue weighted by Gasteiger charge is 2.16. The number of unbranched alkanes of at least 4 members (excludes halogenated alkanes) is 1. The molecule has 0 amide bonds. The van der Waals surface area contributed by atoms with Gasteiger partial charge in [0.15, 0.2) is 0 Å². The number of benzene rings is 2. The molecule has 1 N–H and O–H groups in total. The summed E-state index contributed by atoms with van der Waals surface area (Å²) in [5.41, 5.74) is 2.87. The van der Waals surface area contributed by atoms with Crippen molar-refractivity contribution in [2.45, 2.75) is 30.7 Å². The Labute approximate surface area is 154 Å². The van der Waals surface area contributed by atoms with Crippen LogP contribution in [0, 0.1) is 0 Å². The largest absolute Gasteiger partial charge is 0.299 e. The average molecular weight is 379 g/mol. The van der Waals surface area contributed by atoms with Crippen LogP contribution in [0.5, 0.6) is 0 Å². The van der Waals surface area contributed by atoms with Gasteiger partial charge in [0.25, 0.3) is 0 Å². The van der Waals surface area contributed by atoms with Crippen molar-refractivity contribution < 1.29 is 8.42 Å². The van der Waals surface area contributed by atoms with E-state index in [1.54, 1.807) is 12.1 Å². The minimum atomic E-state index is -3.44. The van der Waals surface area contributed by atoms with Crippen LogP contribution in [0.2, 0.25) is 5.02 Å². The predicted molar refractivity (Wildman–Crippen MR) is 101 cm³/mol. The fourth-order valence-corrected chi connectivity index (χ4v) is 4.31. The molecule has 3 rings (SSSR count). The first-order valence-corrected chi connectivity index (χ1v) is 10.4. The Morgan fingerprint density at radius 2 is 1.72 bits per heavy atom. The first-order valence-electron chi connectivity index (χ1n) is 8.59. The SMILES string of the molecule is O=S(=O)(NCCCCN1CCc2ccccc2C1)c1ccc(Cl)cc1. The zero-order valence-corrected chi connectivity index (χ0v) is 15.7. The van der Waals surface area contributed by atoms with Crippen LogP contribution in [-0.4, -0.2) is 33.0 Å². The van der Waals surface area contributed by atoms with E-state index in [1.807, 2.05) is 0 Å². The second-order valence-electron chi connectivity index (χ2n) is 6.35. The third-order valence-electron chi connectivity index (χ3n) is 4.53. The number of rotatable bonds is 7. The van der Waals surface area contributed by atoms with Crippen molar-refractivity contribution in [1.82, 2.24) is 9.62 Å². The molecule has 25 heavy (non-hydrogen) atoms. The molecule has 0 fully saturated rings. The monoisotopic (exact) mass is 378 g/mol. The molecule has 0 aliphatic carbocycles. The van der Waals surface area contributed by atoms with E-state index in [0.29, 0.717) is 11.6 Å². The molecule has 2 aromatic carbocycles. The number of nitrogens with one attached hydrogen (secondary N) is 1. The van der Waals surface area contributed by atoms with E-state index in [-0.39, 0.29) is 4.90 Å². The van der Waals surface area contributed by atoms with Gasteiger partial charge in [-0.2, -0.15) is 0 Å². The molecule has 0 saturated carbocycles. The molecule has 0 unspecified atom stereocenters. The number of sulfonamides is 1. The second kappa shape index (κ2) is 8.32. The normalized spacial score (nSPS) is 15.1. The summed E-state index contributed by atoms with van der Waals surface area (Å²) in [5.74, 6) is 0. The fourth-order valence-electron chi connectivity index (χ4n) is 3.11. The van der Waals surface area contributed by atoms with Gasteiger partial charge >= 0.3 is 0 Å². The van der Waals surface area contributed by atoms with Crippen molar-refractivity contribution in [1.29, 1.82) is 0 Å². The van der Waals surface area contributed by atoms with E-state index in [9.17, 15) is 8.42 Å². The van der Waals surface area contributed by atoms with Gasteiger partial charge in [-0.15, -0.1) is 0 Å². The number of hydrogen-bond acceptors (Lipinski definition) is 3. The molecule has 1 aliphatic rings.